The highest BCUT2D eigenvalue weighted by atomic mass is 32.1. The van der Waals surface area contributed by atoms with Crippen molar-refractivity contribution >= 4 is 28.8 Å². The lowest BCUT2D eigenvalue weighted by Crippen LogP contribution is -2.29. The maximum Gasteiger partial charge on any atom is 0.295 e. The van der Waals surface area contributed by atoms with E-state index in [1.54, 1.807) is 23.4 Å². The van der Waals surface area contributed by atoms with Crippen LogP contribution in [-0.2, 0) is 16.1 Å². The monoisotopic (exact) mass is 476 g/mol. The highest BCUT2D eigenvalue weighted by molar-refractivity contribution is 7.10. The van der Waals surface area contributed by atoms with Crippen LogP contribution in [0.15, 0.2) is 59.7 Å². The third kappa shape index (κ3) is 4.35. The molecule has 1 saturated heterocycles. The minimum atomic E-state index is -0.677. The molecule has 1 aliphatic rings. The highest BCUT2D eigenvalue weighted by Gasteiger charge is 2.47. The summed E-state index contributed by atoms with van der Waals surface area (Å²) in [4.78, 5) is 32.9. The molecule has 0 radical (unpaired) electrons. The molecule has 0 spiro atoms. The van der Waals surface area contributed by atoms with Gasteiger partial charge in [-0.15, -0.1) is 11.3 Å². The predicted molar refractivity (Wildman–Crippen MR) is 133 cm³/mol. The second kappa shape index (κ2) is 9.81. The molecule has 0 aliphatic carbocycles. The lowest BCUT2D eigenvalue weighted by molar-refractivity contribution is -0.140. The summed E-state index contributed by atoms with van der Waals surface area (Å²) in [6.07, 6.45) is 3.31. The topological polar surface area (TPSA) is 79.7 Å². The molecule has 0 bridgehead atoms. The first-order valence-electron chi connectivity index (χ1n) is 11.3. The summed E-state index contributed by atoms with van der Waals surface area (Å²) < 4.78 is 5.75. The molecular formula is C27H28N2O4S. The molecule has 1 aromatic carbocycles. The van der Waals surface area contributed by atoms with Crippen molar-refractivity contribution in [1.82, 2.24) is 9.88 Å². The van der Waals surface area contributed by atoms with Crippen LogP contribution in [0.5, 0.6) is 5.75 Å². The maximum absolute atomic E-state index is 13.3. The van der Waals surface area contributed by atoms with Crippen LogP contribution in [0.25, 0.3) is 5.76 Å². The zero-order chi connectivity index (χ0) is 24.4. The fraction of sp³-hybridized carbons (Fsp3) is 0.296. The molecule has 1 unspecified atom stereocenters. The summed E-state index contributed by atoms with van der Waals surface area (Å²) in [5.74, 6) is -0.564. The van der Waals surface area contributed by atoms with Crippen molar-refractivity contribution in [3.63, 3.8) is 0 Å². The van der Waals surface area contributed by atoms with Crippen LogP contribution in [0.4, 0.5) is 0 Å². The van der Waals surface area contributed by atoms with Crippen molar-refractivity contribution in [1.29, 1.82) is 0 Å². The number of ether oxygens (including phenoxy) is 1. The van der Waals surface area contributed by atoms with E-state index >= 15 is 0 Å². The third-order valence-corrected chi connectivity index (χ3v) is 7.07. The summed E-state index contributed by atoms with van der Waals surface area (Å²) in [5.41, 5.74) is 3.37. The molecular weight excluding hydrogens is 448 g/mol. The Kier molecular flexibility index (Phi) is 6.84. The fourth-order valence-electron chi connectivity index (χ4n) is 4.25. The van der Waals surface area contributed by atoms with Gasteiger partial charge < -0.3 is 14.7 Å². The Hall–Kier alpha value is -3.45. The van der Waals surface area contributed by atoms with Crippen LogP contribution >= 0.6 is 11.3 Å². The molecule has 3 aromatic rings. The Bertz CT molecular complexity index is 1250. The first kappa shape index (κ1) is 23.7. The van der Waals surface area contributed by atoms with E-state index in [0.29, 0.717) is 12.2 Å². The smallest absolute Gasteiger partial charge is 0.295 e. The second-order valence-electron chi connectivity index (χ2n) is 8.59. The van der Waals surface area contributed by atoms with Crippen LogP contribution in [0.3, 0.4) is 0 Å². The maximum atomic E-state index is 13.3. The third-order valence-electron chi connectivity index (χ3n) is 6.00. The number of benzene rings is 1. The number of Topliss-reactive ketones (excluding diaryl/α,β-unsaturated/α-hetero) is 1. The number of amides is 1. The molecule has 3 heterocycles. The average molecular weight is 477 g/mol. The molecule has 2 aromatic heterocycles. The number of hydrogen-bond donors (Lipinski definition) is 1. The Morgan fingerprint density at radius 1 is 1.18 bits per heavy atom. The molecule has 1 fully saturated rings. The second-order valence-corrected chi connectivity index (χ2v) is 9.54. The van der Waals surface area contributed by atoms with E-state index in [1.165, 1.54) is 11.3 Å². The van der Waals surface area contributed by atoms with Gasteiger partial charge in [-0.3, -0.25) is 14.6 Å². The number of likely N-dealkylation sites (tertiary alicyclic amines) is 1. The Labute approximate surface area is 203 Å². The summed E-state index contributed by atoms with van der Waals surface area (Å²) in [6.45, 7) is 8.74. The number of aliphatic hydroxyl groups excluding tert-OH is 1. The van der Waals surface area contributed by atoms with Gasteiger partial charge in [0, 0.05) is 29.4 Å². The standard InChI is InChI=1S/C27H28N2O4S/c1-5-33-21-7-6-19(14-20(21)16(2)3)24(30)22-23(26-17(4)10-13-34-26)29(27(32)25(22)31)15-18-8-11-28-12-9-18/h6-14,16,23,30H,5,15H2,1-4H3/b24-22-. The number of ketones is 1. The van der Waals surface area contributed by atoms with Crippen molar-refractivity contribution in [2.45, 2.75) is 46.2 Å². The summed E-state index contributed by atoms with van der Waals surface area (Å²) in [6, 6.07) is 10.3. The molecule has 34 heavy (non-hydrogen) atoms. The average Bonchev–Trinajstić information content (AvgIpc) is 3.35. The largest absolute Gasteiger partial charge is 0.507 e. The lowest BCUT2D eigenvalue weighted by Gasteiger charge is -2.25. The summed E-state index contributed by atoms with van der Waals surface area (Å²) in [5, 5.41) is 13.3. The quantitative estimate of drug-likeness (QED) is 0.273. The van der Waals surface area contributed by atoms with E-state index in [2.05, 4.69) is 4.98 Å². The number of pyridine rings is 1. The number of thiophene rings is 1. The molecule has 1 N–H and O–H groups in total. The first-order valence-corrected chi connectivity index (χ1v) is 12.2. The molecule has 1 amide bonds. The van der Waals surface area contributed by atoms with Gasteiger partial charge in [0.1, 0.15) is 17.6 Å². The van der Waals surface area contributed by atoms with Gasteiger partial charge in [-0.05, 0) is 78.2 Å². The van der Waals surface area contributed by atoms with E-state index in [9.17, 15) is 14.7 Å². The SMILES string of the molecule is CCOc1ccc(/C(O)=C2/C(=O)C(=O)N(Cc3ccncc3)C2c2sccc2C)cc1C(C)C. The Balaban J connectivity index is 1.86. The number of aryl methyl sites for hydroxylation is 1. The number of rotatable bonds is 7. The number of carbonyl (C=O) groups excluding carboxylic acids is 2. The number of aromatic nitrogens is 1. The first-order chi connectivity index (χ1) is 16.3. The summed E-state index contributed by atoms with van der Waals surface area (Å²) >= 11 is 1.47. The number of hydrogen-bond acceptors (Lipinski definition) is 6. The zero-order valence-corrected chi connectivity index (χ0v) is 20.6. The van der Waals surface area contributed by atoms with Gasteiger partial charge in [-0.1, -0.05) is 13.8 Å². The molecule has 1 atom stereocenters. The van der Waals surface area contributed by atoms with Crippen LogP contribution in [-0.4, -0.2) is 33.3 Å². The number of aliphatic hydroxyl groups is 1. The highest BCUT2D eigenvalue weighted by Crippen LogP contribution is 2.43. The van der Waals surface area contributed by atoms with Gasteiger partial charge in [0.05, 0.1) is 12.2 Å². The van der Waals surface area contributed by atoms with E-state index < -0.39 is 17.7 Å². The van der Waals surface area contributed by atoms with Gasteiger partial charge in [0.2, 0.25) is 0 Å². The van der Waals surface area contributed by atoms with Gasteiger partial charge in [-0.2, -0.15) is 0 Å². The van der Waals surface area contributed by atoms with Crippen molar-refractivity contribution in [2.24, 2.45) is 0 Å². The number of nitrogens with zero attached hydrogens (tertiary/aromatic N) is 2. The molecule has 176 valence electrons. The fourth-order valence-corrected chi connectivity index (χ4v) is 5.30. The molecule has 0 saturated carbocycles. The normalized spacial score (nSPS) is 17.6. The van der Waals surface area contributed by atoms with Gasteiger partial charge in [0.15, 0.2) is 0 Å². The van der Waals surface area contributed by atoms with E-state index in [4.69, 9.17) is 4.74 Å². The molecule has 7 heteroatoms. The molecule has 4 rings (SSSR count). The van der Waals surface area contributed by atoms with E-state index in [-0.39, 0.29) is 23.8 Å². The van der Waals surface area contributed by atoms with Crippen molar-refractivity contribution in [3.8, 4) is 5.75 Å². The van der Waals surface area contributed by atoms with E-state index in [0.717, 1.165) is 27.3 Å². The molecule has 6 nitrogen and oxygen atoms in total. The van der Waals surface area contributed by atoms with Gasteiger partial charge in [-0.25, -0.2) is 0 Å². The number of carbonyl (C=O) groups is 2. The minimum Gasteiger partial charge on any atom is -0.507 e. The van der Waals surface area contributed by atoms with Gasteiger partial charge >= 0.3 is 0 Å². The lowest BCUT2D eigenvalue weighted by atomic mass is 9.94. The van der Waals surface area contributed by atoms with Crippen LogP contribution in [0.1, 0.15) is 59.9 Å². The van der Waals surface area contributed by atoms with E-state index in [1.807, 2.05) is 63.4 Å². The van der Waals surface area contributed by atoms with Crippen molar-refractivity contribution < 1.29 is 19.4 Å². The Morgan fingerprint density at radius 2 is 1.91 bits per heavy atom. The van der Waals surface area contributed by atoms with Crippen LogP contribution in [0, 0.1) is 6.92 Å². The van der Waals surface area contributed by atoms with Crippen LogP contribution < -0.4 is 4.74 Å². The summed E-state index contributed by atoms with van der Waals surface area (Å²) in [7, 11) is 0. The predicted octanol–water partition coefficient (Wildman–Crippen LogP) is 5.60. The zero-order valence-electron chi connectivity index (χ0n) is 19.7. The van der Waals surface area contributed by atoms with Gasteiger partial charge in [0.25, 0.3) is 11.7 Å². The minimum absolute atomic E-state index is 0.114. The Morgan fingerprint density at radius 3 is 2.53 bits per heavy atom. The molecule has 1 aliphatic heterocycles. The van der Waals surface area contributed by atoms with Crippen molar-refractivity contribution in [2.75, 3.05) is 6.61 Å². The van der Waals surface area contributed by atoms with Crippen molar-refractivity contribution in [3.05, 3.63) is 86.9 Å². The van der Waals surface area contributed by atoms with Crippen LogP contribution in [0.2, 0.25) is 0 Å².